The molecule has 72 valence electrons. The Hall–Kier alpha value is -0.830. The molecule has 3 nitrogen and oxygen atoms in total. The molecule has 0 N–H and O–H groups in total. The molecule has 0 aromatic heterocycles. The van der Waals surface area contributed by atoms with E-state index in [2.05, 4.69) is 0 Å². The van der Waals surface area contributed by atoms with Gasteiger partial charge in [-0.05, 0) is 19.8 Å². The van der Waals surface area contributed by atoms with Gasteiger partial charge in [-0.1, -0.05) is 6.08 Å². The van der Waals surface area contributed by atoms with Crippen molar-refractivity contribution < 1.29 is 9.53 Å². The highest BCUT2D eigenvalue weighted by Gasteiger charge is 2.25. The molecule has 0 aromatic carbocycles. The molecule has 3 heteroatoms. The standard InChI is InChI=1S/C10H15NO2/c1-8-7-11(5-6-13-8)10(12)9-3-2-4-9/h3,8H,2,4-7H2,1H3. The molecular formula is C10H15NO2. The number of hydrogen-bond donors (Lipinski definition) is 0. The molecule has 1 unspecified atom stereocenters. The Bertz CT molecular complexity index is 247. The summed E-state index contributed by atoms with van der Waals surface area (Å²) >= 11 is 0. The fourth-order valence-electron chi connectivity index (χ4n) is 1.69. The smallest absolute Gasteiger partial charge is 0.249 e. The van der Waals surface area contributed by atoms with Gasteiger partial charge < -0.3 is 9.64 Å². The van der Waals surface area contributed by atoms with Gasteiger partial charge in [-0.25, -0.2) is 0 Å². The van der Waals surface area contributed by atoms with Crippen LogP contribution >= 0.6 is 0 Å². The second kappa shape index (κ2) is 3.50. The Labute approximate surface area is 78.4 Å². The van der Waals surface area contributed by atoms with Crippen molar-refractivity contribution in [3.05, 3.63) is 11.6 Å². The Morgan fingerprint density at radius 1 is 1.69 bits per heavy atom. The number of rotatable bonds is 1. The van der Waals surface area contributed by atoms with Crippen LogP contribution in [0.1, 0.15) is 19.8 Å². The monoisotopic (exact) mass is 181 g/mol. The van der Waals surface area contributed by atoms with E-state index in [4.69, 9.17) is 4.74 Å². The molecule has 1 heterocycles. The number of hydrogen-bond acceptors (Lipinski definition) is 2. The second-order valence-electron chi connectivity index (χ2n) is 3.70. The molecule has 1 amide bonds. The van der Waals surface area contributed by atoms with Crippen molar-refractivity contribution in [1.29, 1.82) is 0 Å². The van der Waals surface area contributed by atoms with E-state index in [0.29, 0.717) is 6.61 Å². The Balaban J connectivity index is 1.95. The number of ether oxygens (including phenoxy) is 1. The first kappa shape index (κ1) is 8.75. The molecule has 1 fully saturated rings. The van der Waals surface area contributed by atoms with Crippen LogP contribution in [0.15, 0.2) is 11.6 Å². The summed E-state index contributed by atoms with van der Waals surface area (Å²) in [6.07, 6.45) is 4.26. The minimum absolute atomic E-state index is 0.193. The van der Waals surface area contributed by atoms with Gasteiger partial charge in [-0.3, -0.25) is 4.79 Å². The predicted octanol–water partition coefficient (Wildman–Crippen LogP) is 0.954. The number of morpholine rings is 1. The quantitative estimate of drug-likeness (QED) is 0.603. The van der Waals surface area contributed by atoms with Crippen LogP contribution in [0.4, 0.5) is 0 Å². The SMILES string of the molecule is CC1CN(C(=O)C2=CCC2)CCO1. The topological polar surface area (TPSA) is 29.5 Å². The third-order valence-electron chi connectivity index (χ3n) is 2.61. The summed E-state index contributed by atoms with van der Waals surface area (Å²) < 4.78 is 5.38. The summed E-state index contributed by atoms with van der Waals surface area (Å²) in [4.78, 5) is 13.6. The molecule has 0 radical (unpaired) electrons. The van der Waals surface area contributed by atoms with E-state index in [-0.39, 0.29) is 12.0 Å². The lowest BCUT2D eigenvalue weighted by atomic mass is 9.97. The van der Waals surface area contributed by atoms with Crippen molar-refractivity contribution in [2.24, 2.45) is 0 Å². The molecule has 2 rings (SSSR count). The van der Waals surface area contributed by atoms with E-state index in [1.54, 1.807) is 0 Å². The number of carbonyl (C=O) groups excluding carboxylic acids is 1. The first-order valence-corrected chi connectivity index (χ1v) is 4.87. The van der Waals surface area contributed by atoms with Crippen LogP contribution in [0.2, 0.25) is 0 Å². The summed E-state index contributed by atoms with van der Waals surface area (Å²) in [5.41, 5.74) is 0.995. The second-order valence-corrected chi connectivity index (χ2v) is 3.70. The summed E-state index contributed by atoms with van der Waals surface area (Å²) in [5, 5.41) is 0. The Morgan fingerprint density at radius 3 is 3.00 bits per heavy atom. The van der Waals surface area contributed by atoms with Crippen LogP contribution in [-0.4, -0.2) is 36.6 Å². The van der Waals surface area contributed by atoms with Crippen molar-refractivity contribution in [3.8, 4) is 0 Å². The molecule has 1 saturated heterocycles. The van der Waals surface area contributed by atoms with Crippen molar-refractivity contribution in [3.63, 3.8) is 0 Å². The Morgan fingerprint density at radius 2 is 2.46 bits per heavy atom. The number of amides is 1. The molecular weight excluding hydrogens is 166 g/mol. The number of allylic oxidation sites excluding steroid dienone is 1. The van der Waals surface area contributed by atoms with Crippen LogP contribution < -0.4 is 0 Å². The molecule has 1 atom stereocenters. The average Bonchev–Trinajstić information content (AvgIpc) is 2.01. The molecule has 1 aliphatic carbocycles. The lowest BCUT2D eigenvalue weighted by Crippen LogP contribution is -2.45. The van der Waals surface area contributed by atoms with Crippen LogP contribution in [0.25, 0.3) is 0 Å². The molecule has 13 heavy (non-hydrogen) atoms. The van der Waals surface area contributed by atoms with Gasteiger partial charge in [0, 0.05) is 18.7 Å². The van der Waals surface area contributed by atoms with Gasteiger partial charge in [0.1, 0.15) is 0 Å². The van der Waals surface area contributed by atoms with Crippen LogP contribution in [0.3, 0.4) is 0 Å². The molecule has 0 saturated carbocycles. The van der Waals surface area contributed by atoms with Gasteiger partial charge in [-0.2, -0.15) is 0 Å². The maximum atomic E-state index is 11.7. The molecule has 2 aliphatic rings. The summed E-state index contributed by atoms with van der Waals surface area (Å²) in [5.74, 6) is 0.224. The lowest BCUT2D eigenvalue weighted by molar-refractivity contribution is -0.134. The summed E-state index contributed by atoms with van der Waals surface area (Å²) in [6, 6.07) is 0. The summed E-state index contributed by atoms with van der Waals surface area (Å²) in [6.45, 7) is 4.19. The zero-order valence-corrected chi connectivity index (χ0v) is 7.95. The van der Waals surface area contributed by atoms with Gasteiger partial charge in [0.25, 0.3) is 0 Å². The number of nitrogens with zero attached hydrogens (tertiary/aromatic N) is 1. The zero-order valence-electron chi connectivity index (χ0n) is 7.95. The highest BCUT2D eigenvalue weighted by molar-refractivity contribution is 5.94. The fourth-order valence-corrected chi connectivity index (χ4v) is 1.69. The third-order valence-corrected chi connectivity index (χ3v) is 2.61. The number of carbonyl (C=O) groups is 1. The highest BCUT2D eigenvalue weighted by atomic mass is 16.5. The minimum atomic E-state index is 0.193. The van der Waals surface area contributed by atoms with Gasteiger partial charge in [0.05, 0.1) is 12.7 Å². The van der Waals surface area contributed by atoms with Gasteiger partial charge in [0.2, 0.25) is 5.91 Å². The average molecular weight is 181 g/mol. The van der Waals surface area contributed by atoms with Gasteiger partial charge in [-0.15, -0.1) is 0 Å². The highest BCUT2D eigenvalue weighted by Crippen LogP contribution is 2.21. The van der Waals surface area contributed by atoms with Crippen molar-refractivity contribution in [2.45, 2.75) is 25.9 Å². The predicted molar refractivity (Wildman–Crippen MR) is 49.3 cm³/mol. The fraction of sp³-hybridized carbons (Fsp3) is 0.700. The normalized spacial score (nSPS) is 27.9. The van der Waals surface area contributed by atoms with E-state index >= 15 is 0 Å². The van der Waals surface area contributed by atoms with Crippen LogP contribution in [0.5, 0.6) is 0 Å². The summed E-state index contributed by atoms with van der Waals surface area (Å²) in [7, 11) is 0. The van der Waals surface area contributed by atoms with Crippen LogP contribution in [0, 0.1) is 0 Å². The Kier molecular flexibility index (Phi) is 2.36. The van der Waals surface area contributed by atoms with E-state index in [9.17, 15) is 4.79 Å². The van der Waals surface area contributed by atoms with Crippen molar-refractivity contribution in [2.75, 3.05) is 19.7 Å². The maximum absolute atomic E-state index is 11.7. The first-order chi connectivity index (χ1) is 6.27. The van der Waals surface area contributed by atoms with Crippen LogP contribution in [-0.2, 0) is 9.53 Å². The molecule has 1 aliphatic heterocycles. The van der Waals surface area contributed by atoms with Crippen molar-refractivity contribution in [1.82, 2.24) is 4.90 Å². The molecule has 0 bridgehead atoms. The first-order valence-electron chi connectivity index (χ1n) is 4.87. The minimum Gasteiger partial charge on any atom is -0.375 e. The van der Waals surface area contributed by atoms with Gasteiger partial charge >= 0.3 is 0 Å². The lowest BCUT2D eigenvalue weighted by Gasteiger charge is -2.32. The van der Waals surface area contributed by atoms with E-state index in [1.807, 2.05) is 17.9 Å². The van der Waals surface area contributed by atoms with E-state index in [1.165, 1.54) is 0 Å². The van der Waals surface area contributed by atoms with E-state index < -0.39 is 0 Å². The van der Waals surface area contributed by atoms with Crippen molar-refractivity contribution >= 4 is 5.91 Å². The van der Waals surface area contributed by atoms with E-state index in [0.717, 1.165) is 31.5 Å². The zero-order chi connectivity index (χ0) is 9.26. The maximum Gasteiger partial charge on any atom is 0.249 e. The third kappa shape index (κ3) is 1.75. The van der Waals surface area contributed by atoms with Gasteiger partial charge in [0.15, 0.2) is 0 Å². The molecule has 0 spiro atoms. The largest absolute Gasteiger partial charge is 0.375 e. The molecule has 0 aromatic rings.